The van der Waals surface area contributed by atoms with Gasteiger partial charge < -0.3 is 5.73 Å². The van der Waals surface area contributed by atoms with Gasteiger partial charge in [-0.15, -0.1) is 0 Å². The third-order valence-corrected chi connectivity index (χ3v) is 4.24. The standard InChI is InChI=1S/C10H11BrN4O2S/c11-7-1-2-10(9(12)5-7)18(16,17)14-6-8-3-4-13-15-8/h1-5,14H,6,12H2,(H,13,15). The van der Waals surface area contributed by atoms with E-state index in [2.05, 4.69) is 30.8 Å². The van der Waals surface area contributed by atoms with Gasteiger partial charge in [0, 0.05) is 10.7 Å². The van der Waals surface area contributed by atoms with Crippen LogP contribution in [-0.2, 0) is 16.6 Å². The second-order valence-corrected chi connectivity index (χ2v) is 6.24. The van der Waals surface area contributed by atoms with E-state index in [0.29, 0.717) is 5.69 Å². The highest BCUT2D eigenvalue weighted by Gasteiger charge is 2.17. The van der Waals surface area contributed by atoms with E-state index in [1.54, 1.807) is 24.4 Å². The maximum absolute atomic E-state index is 12.0. The maximum atomic E-state index is 12.0. The summed E-state index contributed by atoms with van der Waals surface area (Å²) >= 11 is 3.23. The molecule has 0 amide bonds. The minimum atomic E-state index is -3.63. The topological polar surface area (TPSA) is 101 Å². The van der Waals surface area contributed by atoms with E-state index in [1.807, 2.05) is 0 Å². The van der Waals surface area contributed by atoms with Crippen LogP contribution < -0.4 is 10.5 Å². The van der Waals surface area contributed by atoms with Crippen molar-refractivity contribution in [1.82, 2.24) is 14.9 Å². The SMILES string of the molecule is Nc1cc(Br)ccc1S(=O)(=O)NCc1ccn[nH]1. The van der Waals surface area contributed by atoms with E-state index >= 15 is 0 Å². The highest BCUT2D eigenvalue weighted by atomic mass is 79.9. The third kappa shape index (κ3) is 2.89. The van der Waals surface area contributed by atoms with E-state index in [0.717, 1.165) is 4.47 Å². The third-order valence-electron chi connectivity index (χ3n) is 2.27. The number of hydrogen-bond acceptors (Lipinski definition) is 4. The smallest absolute Gasteiger partial charge is 0.242 e. The van der Waals surface area contributed by atoms with Crippen molar-refractivity contribution in [3.63, 3.8) is 0 Å². The molecular weight excluding hydrogens is 320 g/mol. The number of halogens is 1. The van der Waals surface area contributed by atoms with Crippen molar-refractivity contribution >= 4 is 31.6 Å². The van der Waals surface area contributed by atoms with Crippen LogP contribution in [0.1, 0.15) is 5.69 Å². The zero-order chi connectivity index (χ0) is 13.2. The molecule has 2 rings (SSSR count). The highest BCUT2D eigenvalue weighted by Crippen LogP contribution is 2.22. The summed E-state index contributed by atoms with van der Waals surface area (Å²) in [6, 6.07) is 6.31. The van der Waals surface area contributed by atoms with Crippen molar-refractivity contribution in [1.29, 1.82) is 0 Å². The normalized spacial score (nSPS) is 11.6. The first-order chi connectivity index (χ1) is 8.49. The fourth-order valence-electron chi connectivity index (χ4n) is 1.40. The zero-order valence-electron chi connectivity index (χ0n) is 9.22. The van der Waals surface area contributed by atoms with E-state index in [-0.39, 0.29) is 17.1 Å². The molecule has 0 aliphatic rings. The molecule has 0 saturated heterocycles. The summed E-state index contributed by atoms with van der Waals surface area (Å²) in [5, 5.41) is 6.40. The Morgan fingerprint density at radius 2 is 2.17 bits per heavy atom. The Hall–Kier alpha value is -1.38. The summed E-state index contributed by atoms with van der Waals surface area (Å²) < 4.78 is 27.2. The van der Waals surface area contributed by atoms with E-state index in [1.165, 1.54) is 6.07 Å². The molecule has 2 aromatic rings. The maximum Gasteiger partial charge on any atom is 0.242 e. The molecule has 0 fully saturated rings. The predicted octanol–water partition coefficient (Wildman–Crippen LogP) is 1.23. The van der Waals surface area contributed by atoms with Crippen molar-refractivity contribution in [3.05, 3.63) is 40.6 Å². The molecule has 0 spiro atoms. The van der Waals surface area contributed by atoms with Crippen LogP contribution in [0.5, 0.6) is 0 Å². The van der Waals surface area contributed by atoms with Gasteiger partial charge in [-0.3, -0.25) is 5.10 Å². The molecule has 8 heteroatoms. The average molecular weight is 331 g/mol. The number of nitrogens with two attached hydrogens (primary N) is 1. The summed E-state index contributed by atoms with van der Waals surface area (Å²) in [5.41, 5.74) is 6.56. The lowest BCUT2D eigenvalue weighted by Crippen LogP contribution is -2.24. The molecule has 1 aromatic carbocycles. The minimum absolute atomic E-state index is 0.0604. The Kier molecular flexibility index (Phi) is 3.69. The van der Waals surface area contributed by atoms with Crippen molar-refractivity contribution < 1.29 is 8.42 Å². The Morgan fingerprint density at radius 3 is 2.78 bits per heavy atom. The lowest BCUT2D eigenvalue weighted by atomic mass is 10.3. The van der Waals surface area contributed by atoms with Crippen molar-refractivity contribution in [2.24, 2.45) is 0 Å². The lowest BCUT2D eigenvalue weighted by molar-refractivity contribution is 0.581. The van der Waals surface area contributed by atoms with Gasteiger partial charge in [-0.25, -0.2) is 13.1 Å². The number of benzene rings is 1. The molecule has 6 nitrogen and oxygen atoms in total. The fourth-order valence-corrected chi connectivity index (χ4v) is 2.89. The van der Waals surface area contributed by atoms with Gasteiger partial charge in [-0.1, -0.05) is 15.9 Å². The Bertz CT molecular complexity index is 640. The summed E-state index contributed by atoms with van der Waals surface area (Å²) in [6.07, 6.45) is 1.55. The molecule has 18 heavy (non-hydrogen) atoms. The molecule has 0 unspecified atom stereocenters. The van der Waals surface area contributed by atoms with Gasteiger partial charge in [-0.2, -0.15) is 5.10 Å². The monoisotopic (exact) mass is 330 g/mol. The summed E-state index contributed by atoms with van der Waals surface area (Å²) in [5.74, 6) is 0. The number of nitrogens with one attached hydrogen (secondary N) is 2. The summed E-state index contributed by atoms with van der Waals surface area (Å²) in [7, 11) is -3.63. The predicted molar refractivity (Wildman–Crippen MR) is 71.2 cm³/mol. The minimum Gasteiger partial charge on any atom is -0.398 e. The number of rotatable bonds is 4. The second-order valence-electron chi connectivity index (χ2n) is 3.59. The molecular formula is C10H11BrN4O2S. The second kappa shape index (κ2) is 5.09. The molecule has 0 saturated carbocycles. The molecule has 1 heterocycles. The number of hydrogen-bond donors (Lipinski definition) is 3. The summed E-state index contributed by atoms with van der Waals surface area (Å²) in [6.45, 7) is 0.137. The quantitative estimate of drug-likeness (QED) is 0.734. The average Bonchev–Trinajstić information content (AvgIpc) is 2.78. The fraction of sp³-hybridized carbons (Fsp3) is 0.100. The van der Waals surface area contributed by atoms with Gasteiger partial charge in [0.15, 0.2) is 0 Å². The van der Waals surface area contributed by atoms with Gasteiger partial charge >= 0.3 is 0 Å². The molecule has 4 N–H and O–H groups in total. The van der Waals surface area contributed by atoms with Crippen LogP contribution in [0.3, 0.4) is 0 Å². The van der Waals surface area contributed by atoms with Crippen LogP contribution in [0.4, 0.5) is 5.69 Å². The number of aromatic nitrogens is 2. The Morgan fingerprint density at radius 1 is 1.39 bits per heavy atom. The molecule has 0 radical (unpaired) electrons. The molecule has 96 valence electrons. The number of nitrogens with zero attached hydrogens (tertiary/aromatic N) is 1. The van der Waals surface area contributed by atoms with Crippen LogP contribution in [0.25, 0.3) is 0 Å². The number of sulfonamides is 1. The first-order valence-electron chi connectivity index (χ1n) is 5.02. The van der Waals surface area contributed by atoms with Gasteiger partial charge in [0.1, 0.15) is 4.90 Å². The number of nitrogen functional groups attached to an aromatic ring is 1. The van der Waals surface area contributed by atoms with Gasteiger partial charge in [0.25, 0.3) is 0 Å². The first-order valence-corrected chi connectivity index (χ1v) is 7.29. The van der Waals surface area contributed by atoms with Crippen LogP contribution in [0, 0.1) is 0 Å². The van der Waals surface area contributed by atoms with Gasteiger partial charge in [0.2, 0.25) is 10.0 Å². The van der Waals surface area contributed by atoms with Crippen molar-refractivity contribution in [2.45, 2.75) is 11.4 Å². The number of anilines is 1. The molecule has 0 bridgehead atoms. The zero-order valence-corrected chi connectivity index (χ0v) is 11.6. The Labute approximate surface area is 113 Å². The Balaban J connectivity index is 2.20. The molecule has 0 aliphatic carbocycles. The molecule has 0 aliphatic heterocycles. The van der Waals surface area contributed by atoms with Crippen LogP contribution in [0.2, 0.25) is 0 Å². The van der Waals surface area contributed by atoms with Gasteiger partial charge in [-0.05, 0) is 24.3 Å². The van der Waals surface area contributed by atoms with Crippen molar-refractivity contribution in [3.8, 4) is 0 Å². The molecule has 1 aromatic heterocycles. The largest absolute Gasteiger partial charge is 0.398 e. The van der Waals surface area contributed by atoms with E-state index in [4.69, 9.17) is 5.73 Å². The van der Waals surface area contributed by atoms with Crippen LogP contribution in [0.15, 0.2) is 39.8 Å². The van der Waals surface area contributed by atoms with Crippen LogP contribution in [-0.4, -0.2) is 18.6 Å². The van der Waals surface area contributed by atoms with Gasteiger partial charge in [0.05, 0.1) is 17.9 Å². The molecule has 0 atom stereocenters. The van der Waals surface area contributed by atoms with Crippen LogP contribution >= 0.6 is 15.9 Å². The summed E-state index contributed by atoms with van der Waals surface area (Å²) in [4.78, 5) is 0.0604. The number of H-pyrrole nitrogens is 1. The highest BCUT2D eigenvalue weighted by molar-refractivity contribution is 9.10. The van der Waals surface area contributed by atoms with Crippen molar-refractivity contribution in [2.75, 3.05) is 5.73 Å². The number of aromatic amines is 1. The van der Waals surface area contributed by atoms with E-state index < -0.39 is 10.0 Å². The first kappa shape index (κ1) is 13.1. The van der Waals surface area contributed by atoms with E-state index in [9.17, 15) is 8.42 Å². The lowest BCUT2D eigenvalue weighted by Gasteiger charge is -2.08.